The quantitative estimate of drug-likeness (QED) is 0.416. The number of carbonyl (C=O) groups excluding carboxylic acids is 1. The van der Waals surface area contributed by atoms with Crippen LogP contribution in [-0.2, 0) is 6.42 Å². The van der Waals surface area contributed by atoms with E-state index in [-0.39, 0.29) is 11.9 Å². The van der Waals surface area contributed by atoms with Gasteiger partial charge >= 0.3 is 0 Å². The molecule has 0 saturated carbocycles. The average molecular weight is 459 g/mol. The summed E-state index contributed by atoms with van der Waals surface area (Å²) >= 11 is 1.38. The summed E-state index contributed by atoms with van der Waals surface area (Å²) in [6.45, 7) is 4.71. The number of thiazole rings is 1. The van der Waals surface area contributed by atoms with Crippen molar-refractivity contribution in [2.75, 3.05) is 6.54 Å². The molecule has 1 aliphatic heterocycles. The molecule has 0 spiro atoms. The standard InChI is InChI=1S/C24H22N6O2S/c1-14(2)30-12-16(10-28-30)23-25-11-20(33-23)24(31)29-8-7-17-21(27-13-26-17)22(29)19-9-15-5-3-4-6-18(15)32-19/h3-6,9-14,22H,7-8H2,1-2H3,(H,26,27)/t22-/m1/s1. The number of aromatic amines is 1. The minimum Gasteiger partial charge on any atom is -0.458 e. The topological polar surface area (TPSA) is 92.8 Å². The third-order valence-corrected chi connectivity index (χ3v) is 7.03. The molecule has 1 atom stereocenters. The van der Waals surface area contributed by atoms with Gasteiger partial charge in [0.15, 0.2) is 0 Å². The fraction of sp³-hybridized carbons (Fsp3) is 0.250. The Morgan fingerprint density at radius 2 is 2.12 bits per heavy atom. The molecule has 1 aromatic carbocycles. The minimum atomic E-state index is -0.394. The van der Waals surface area contributed by atoms with Crippen LogP contribution in [0.25, 0.3) is 21.5 Å². The molecule has 0 unspecified atom stereocenters. The van der Waals surface area contributed by atoms with Gasteiger partial charge in [-0.15, -0.1) is 11.3 Å². The highest BCUT2D eigenvalue weighted by molar-refractivity contribution is 7.16. The second-order valence-electron chi connectivity index (χ2n) is 8.44. The lowest BCUT2D eigenvalue weighted by Gasteiger charge is -2.33. The molecule has 4 aromatic heterocycles. The van der Waals surface area contributed by atoms with E-state index in [4.69, 9.17) is 4.42 Å². The molecule has 0 radical (unpaired) electrons. The van der Waals surface area contributed by atoms with Crippen LogP contribution >= 0.6 is 11.3 Å². The van der Waals surface area contributed by atoms with Gasteiger partial charge in [-0.3, -0.25) is 9.48 Å². The summed E-state index contributed by atoms with van der Waals surface area (Å²) in [4.78, 5) is 28.4. The number of fused-ring (bicyclic) bond motifs is 2. The molecule has 0 saturated heterocycles. The highest BCUT2D eigenvalue weighted by Crippen LogP contribution is 2.38. The van der Waals surface area contributed by atoms with E-state index in [1.165, 1.54) is 11.3 Å². The number of benzene rings is 1. The maximum absolute atomic E-state index is 13.7. The number of aromatic nitrogens is 5. The Labute approximate surface area is 193 Å². The maximum atomic E-state index is 13.7. The van der Waals surface area contributed by atoms with Gasteiger partial charge in [-0.1, -0.05) is 18.2 Å². The Hall–Kier alpha value is -3.72. The van der Waals surface area contributed by atoms with Crippen molar-refractivity contribution in [1.82, 2.24) is 29.6 Å². The van der Waals surface area contributed by atoms with Crippen LogP contribution in [0.4, 0.5) is 0 Å². The zero-order valence-electron chi connectivity index (χ0n) is 18.2. The van der Waals surface area contributed by atoms with Gasteiger partial charge in [0.05, 0.1) is 24.4 Å². The third kappa shape index (κ3) is 3.36. The Morgan fingerprint density at radius 3 is 2.94 bits per heavy atom. The van der Waals surface area contributed by atoms with Crippen molar-refractivity contribution in [2.24, 2.45) is 0 Å². The Morgan fingerprint density at radius 1 is 1.24 bits per heavy atom. The summed E-state index contributed by atoms with van der Waals surface area (Å²) in [6.07, 6.45) is 7.81. The number of hydrogen-bond donors (Lipinski definition) is 1. The maximum Gasteiger partial charge on any atom is 0.266 e. The van der Waals surface area contributed by atoms with Gasteiger partial charge < -0.3 is 14.3 Å². The van der Waals surface area contributed by atoms with E-state index in [1.54, 1.807) is 18.7 Å². The van der Waals surface area contributed by atoms with Crippen LogP contribution in [0.5, 0.6) is 0 Å². The smallest absolute Gasteiger partial charge is 0.266 e. The fourth-order valence-corrected chi connectivity index (χ4v) is 5.15. The highest BCUT2D eigenvalue weighted by Gasteiger charge is 2.37. The van der Waals surface area contributed by atoms with Crippen molar-refractivity contribution in [1.29, 1.82) is 0 Å². The van der Waals surface area contributed by atoms with Crippen molar-refractivity contribution < 1.29 is 9.21 Å². The van der Waals surface area contributed by atoms with Crippen molar-refractivity contribution in [3.05, 3.63) is 77.3 Å². The molecule has 0 bridgehead atoms. The van der Waals surface area contributed by atoms with Crippen LogP contribution in [0.3, 0.4) is 0 Å². The highest BCUT2D eigenvalue weighted by atomic mass is 32.1. The molecule has 5 aromatic rings. The molecule has 9 heteroatoms. The lowest BCUT2D eigenvalue weighted by molar-refractivity contribution is 0.0677. The average Bonchev–Trinajstić information content (AvgIpc) is 3.61. The number of H-pyrrole nitrogens is 1. The predicted molar refractivity (Wildman–Crippen MR) is 125 cm³/mol. The van der Waals surface area contributed by atoms with E-state index in [0.717, 1.165) is 32.9 Å². The van der Waals surface area contributed by atoms with Gasteiger partial charge in [-0.05, 0) is 26.0 Å². The van der Waals surface area contributed by atoms with Gasteiger partial charge in [0.1, 0.15) is 27.3 Å². The first-order valence-corrected chi connectivity index (χ1v) is 11.7. The zero-order chi connectivity index (χ0) is 22.5. The molecule has 0 fully saturated rings. The summed E-state index contributed by atoms with van der Waals surface area (Å²) in [5, 5.41) is 6.18. The number of amides is 1. The van der Waals surface area contributed by atoms with E-state index in [0.29, 0.717) is 23.6 Å². The molecule has 5 heterocycles. The van der Waals surface area contributed by atoms with E-state index in [9.17, 15) is 4.79 Å². The molecule has 1 amide bonds. The molecule has 8 nitrogen and oxygen atoms in total. The Kier molecular flexibility index (Phi) is 4.65. The van der Waals surface area contributed by atoms with Gasteiger partial charge in [0, 0.05) is 41.8 Å². The van der Waals surface area contributed by atoms with Crippen molar-refractivity contribution in [2.45, 2.75) is 32.4 Å². The molecule has 33 heavy (non-hydrogen) atoms. The molecule has 0 aliphatic carbocycles. The molecular formula is C24H22N6O2S. The van der Waals surface area contributed by atoms with Crippen LogP contribution in [0.15, 0.2) is 59.7 Å². The summed E-state index contributed by atoms with van der Waals surface area (Å²) in [6, 6.07) is 9.74. The number of imidazole rings is 1. The van der Waals surface area contributed by atoms with Crippen molar-refractivity contribution >= 4 is 28.2 Å². The number of hydrogen-bond acceptors (Lipinski definition) is 6. The SMILES string of the molecule is CC(C)n1cc(-c2ncc(C(=O)N3CCc4[nH]cnc4[C@H]3c3cc4ccccc4o3)s2)cn1. The van der Waals surface area contributed by atoms with Gasteiger partial charge in [-0.2, -0.15) is 5.10 Å². The van der Waals surface area contributed by atoms with Gasteiger partial charge in [0.25, 0.3) is 5.91 Å². The second-order valence-corrected chi connectivity index (χ2v) is 9.47. The van der Waals surface area contributed by atoms with Crippen molar-refractivity contribution in [3.63, 3.8) is 0 Å². The van der Waals surface area contributed by atoms with Crippen LogP contribution in [0.1, 0.15) is 52.8 Å². The summed E-state index contributed by atoms with van der Waals surface area (Å²) in [7, 11) is 0. The first-order valence-electron chi connectivity index (χ1n) is 10.9. The van der Waals surface area contributed by atoms with Crippen molar-refractivity contribution in [3.8, 4) is 10.6 Å². The third-order valence-electron chi connectivity index (χ3n) is 5.99. The number of nitrogens with zero attached hydrogens (tertiary/aromatic N) is 5. The molecular weight excluding hydrogens is 436 g/mol. The zero-order valence-corrected chi connectivity index (χ0v) is 19.0. The summed E-state index contributed by atoms with van der Waals surface area (Å²) in [5.41, 5.74) is 3.58. The fourth-order valence-electron chi connectivity index (χ4n) is 4.30. The van der Waals surface area contributed by atoms with Crippen LogP contribution < -0.4 is 0 Å². The lowest BCUT2D eigenvalue weighted by Crippen LogP contribution is -2.40. The Balaban J connectivity index is 1.36. The molecule has 1 N–H and O–H groups in total. The number of furan rings is 1. The van der Waals surface area contributed by atoms with E-state index >= 15 is 0 Å². The normalized spacial score (nSPS) is 16.0. The van der Waals surface area contributed by atoms with Crippen LogP contribution in [-0.4, -0.2) is 42.1 Å². The number of nitrogens with one attached hydrogen (secondary N) is 1. The number of rotatable bonds is 4. The largest absolute Gasteiger partial charge is 0.458 e. The summed E-state index contributed by atoms with van der Waals surface area (Å²) < 4.78 is 8.07. The molecule has 1 aliphatic rings. The first-order chi connectivity index (χ1) is 16.1. The van der Waals surface area contributed by atoms with E-state index in [1.807, 2.05) is 46.1 Å². The van der Waals surface area contributed by atoms with Gasteiger partial charge in [0.2, 0.25) is 0 Å². The van der Waals surface area contributed by atoms with E-state index < -0.39 is 6.04 Å². The Bertz CT molecular complexity index is 1430. The minimum absolute atomic E-state index is 0.0749. The molecule has 166 valence electrons. The lowest BCUT2D eigenvalue weighted by atomic mass is 10.00. The van der Waals surface area contributed by atoms with Crippen LogP contribution in [0, 0.1) is 0 Å². The monoisotopic (exact) mass is 458 g/mol. The number of para-hydroxylation sites is 1. The first kappa shape index (κ1) is 19.9. The predicted octanol–water partition coefficient (Wildman–Crippen LogP) is 4.84. The summed E-state index contributed by atoms with van der Waals surface area (Å²) in [5.74, 6) is 0.634. The second kappa shape index (κ2) is 7.70. The van der Waals surface area contributed by atoms with Crippen LogP contribution in [0.2, 0.25) is 0 Å². The van der Waals surface area contributed by atoms with E-state index in [2.05, 4.69) is 33.9 Å². The molecule has 6 rings (SSSR count). The van der Waals surface area contributed by atoms with Gasteiger partial charge in [-0.25, -0.2) is 9.97 Å². The number of carbonyl (C=O) groups is 1.